The quantitative estimate of drug-likeness (QED) is 0.841. The number of aryl methyl sites for hydroxylation is 1. The zero-order valence-electron chi connectivity index (χ0n) is 13.3. The molecule has 1 saturated heterocycles. The lowest BCUT2D eigenvalue weighted by Crippen LogP contribution is -2.45. The monoisotopic (exact) mass is 341 g/mol. The Morgan fingerprint density at radius 3 is 2.83 bits per heavy atom. The van der Waals surface area contributed by atoms with E-state index in [0.29, 0.717) is 13.0 Å². The second-order valence-electron chi connectivity index (χ2n) is 6.34. The fraction of sp³-hybridized carbons (Fsp3) is 0.667. The third-order valence-electron chi connectivity index (χ3n) is 4.61. The molecule has 2 aliphatic rings. The smallest absolute Gasteiger partial charge is 0.249 e. The number of halogens is 1. The summed E-state index contributed by atoms with van der Waals surface area (Å²) in [5.74, 6) is -0.132. The first-order chi connectivity index (χ1) is 10.5. The van der Waals surface area contributed by atoms with Gasteiger partial charge in [-0.1, -0.05) is 6.42 Å². The zero-order chi connectivity index (χ0) is 15.7. The molecule has 3 rings (SSSR count). The molecule has 3 atom stereocenters. The Bertz CT molecular complexity index is 576. The predicted octanol–water partition coefficient (Wildman–Crippen LogP) is 0.581. The summed E-state index contributed by atoms with van der Waals surface area (Å²) in [7, 11) is 1.82. The van der Waals surface area contributed by atoms with Crippen LogP contribution in [0.2, 0.25) is 0 Å². The third kappa shape index (κ3) is 3.84. The molecular weight excluding hydrogens is 318 g/mol. The van der Waals surface area contributed by atoms with Gasteiger partial charge in [-0.2, -0.15) is 5.10 Å². The van der Waals surface area contributed by atoms with Crippen LogP contribution in [0.3, 0.4) is 0 Å². The van der Waals surface area contributed by atoms with Gasteiger partial charge in [0.15, 0.2) is 0 Å². The fourth-order valence-electron chi connectivity index (χ4n) is 3.37. The molecular formula is C15H24ClN5O2. The summed E-state index contributed by atoms with van der Waals surface area (Å²) >= 11 is 0. The third-order valence-corrected chi connectivity index (χ3v) is 4.61. The number of rotatable bonds is 3. The van der Waals surface area contributed by atoms with Gasteiger partial charge in [0, 0.05) is 31.7 Å². The van der Waals surface area contributed by atoms with E-state index in [9.17, 15) is 9.59 Å². The van der Waals surface area contributed by atoms with E-state index in [2.05, 4.69) is 10.4 Å². The highest BCUT2D eigenvalue weighted by atomic mass is 35.5. The molecule has 2 amide bonds. The number of nitrogens with two attached hydrogens (primary N) is 1. The van der Waals surface area contributed by atoms with Crippen molar-refractivity contribution in [3.63, 3.8) is 0 Å². The van der Waals surface area contributed by atoms with Crippen molar-refractivity contribution in [2.24, 2.45) is 18.7 Å². The molecule has 1 aliphatic carbocycles. The maximum Gasteiger partial charge on any atom is 0.249 e. The Hall–Kier alpha value is -1.60. The highest BCUT2D eigenvalue weighted by Gasteiger charge is 2.36. The van der Waals surface area contributed by atoms with Gasteiger partial charge in [-0.15, -0.1) is 12.4 Å². The van der Waals surface area contributed by atoms with Crippen LogP contribution in [0.15, 0.2) is 12.4 Å². The normalized spacial score (nSPS) is 27.7. The Balaban J connectivity index is 0.00000192. The predicted molar refractivity (Wildman–Crippen MR) is 89.3 cm³/mol. The van der Waals surface area contributed by atoms with Gasteiger partial charge in [0.2, 0.25) is 11.8 Å². The van der Waals surface area contributed by atoms with Crippen molar-refractivity contribution in [1.82, 2.24) is 15.1 Å². The Morgan fingerprint density at radius 2 is 2.17 bits per heavy atom. The Labute approximate surface area is 142 Å². The van der Waals surface area contributed by atoms with E-state index in [4.69, 9.17) is 5.73 Å². The average molecular weight is 342 g/mol. The molecule has 1 aliphatic heterocycles. The summed E-state index contributed by atoms with van der Waals surface area (Å²) in [6, 6.07) is -0.318. The van der Waals surface area contributed by atoms with Crippen molar-refractivity contribution in [3.8, 4) is 0 Å². The van der Waals surface area contributed by atoms with Gasteiger partial charge in [0.05, 0.1) is 11.9 Å². The number of nitrogens with zero attached hydrogens (tertiary/aromatic N) is 3. The van der Waals surface area contributed by atoms with Crippen molar-refractivity contribution < 1.29 is 9.59 Å². The van der Waals surface area contributed by atoms with Crippen LogP contribution < -0.4 is 16.0 Å². The topological polar surface area (TPSA) is 93.2 Å². The number of carbonyl (C=O) groups is 2. The van der Waals surface area contributed by atoms with Crippen molar-refractivity contribution in [1.29, 1.82) is 0 Å². The SMILES string of the molecule is Cl.Cn1cc(N2CCC(NC(=O)C3CCCC(N)C3)C2=O)cn1. The Morgan fingerprint density at radius 1 is 1.39 bits per heavy atom. The highest BCUT2D eigenvalue weighted by Crippen LogP contribution is 2.25. The number of hydrogen-bond donors (Lipinski definition) is 2. The summed E-state index contributed by atoms with van der Waals surface area (Å²) < 4.78 is 1.66. The molecule has 7 nitrogen and oxygen atoms in total. The molecule has 0 spiro atoms. The van der Waals surface area contributed by atoms with Crippen molar-refractivity contribution in [3.05, 3.63) is 12.4 Å². The van der Waals surface area contributed by atoms with Crippen LogP contribution in [0.25, 0.3) is 0 Å². The molecule has 23 heavy (non-hydrogen) atoms. The summed E-state index contributed by atoms with van der Waals surface area (Å²) in [6.45, 7) is 0.611. The molecule has 1 aromatic heterocycles. The highest BCUT2D eigenvalue weighted by molar-refractivity contribution is 6.01. The maximum atomic E-state index is 12.4. The second kappa shape index (κ2) is 7.31. The van der Waals surface area contributed by atoms with Gasteiger partial charge >= 0.3 is 0 Å². The van der Waals surface area contributed by atoms with Crippen LogP contribution in [0.4, 0.5) is 5.69 Å². The van der Waals surface area contributed by atoms with Crippen molar-refractivity contribution in [2.75, 3.05) is 11.4 Å². The van der Waals surface area contributed by atoms with E-state index in [-0.39, 0.29) is 36.2 Å². The number of aromatic nitrogens is 2. The summed E-state index contributed by atoms with van der Waals surface area (Å²) in [5.41, 5.74) is 6.72. The summed E-state index contributed by atoms with van der Waals surface area (Å²) in [6.07, 6.45) is 7.68. The van der Waals surface area contributed by atoms with Crippen LogP contribution in [-0.2, 0) is 16.6 Å². The lowest BCUT2D eigenvalue weighted by Gasteiger charge is -2.26. The van der Waals surface area contributed by atoms with Crippen LogP contribution in [-0.4, -0.2) is 40.2 Å². The van der Waals surface area contributed by atoms with Crippen LogP contribution in [0, 0.1) is 5.92 Å². The first kappa shape index (κ1) is 17.7. The molecule has 0 bridgehead atoms. The molecule has 1 saturated carbocycles. The number of nitrogens with one attached hydrogen (secondary N) is 1. The van der Waals surface area contributed by atoms with Gasteiger partial charge in [-0.3, -0.25) is 14.3 Å². The van der Waals surface area contributed by atoms with Crippen molar-refractivity contribution in [2.45, 2.75) is 44.2 Å². The molecule has 0 radical (unpaired) electrons. The summed E-state index contributed by atoms with van der Waals surface area (Å²) in [5, 5.41) is 7.00. The average Bonchev–Trinajstić information content (AvgIpc) is 3.06. The molecule has 2 fully saturated rings. The minimum absolute atomic E-state index is 0. The second-order valence-corrected chi connectivity index (χ2v) is 6.34. The largest absolute Gasteiger partial charge is 0.344 e. The van der Waals surface area contributed by atoms with Crippen LogP contribution in [0.5, 0.6) is 0 Å². The van der Waals surface area contributed by atoms with Gasteiger partial charge < -0.3 is 16.0 Å². The fourth-order valence-corrected chi connectivity index (χ4v) is 3.37. The van der Waals surface area contributed by atoms with E-state index in [1.54, 1.807) is 15.8 Å². The van der Waals surface area contributed by atoms with E-state index >= 15 is 0 Å². The molecule has 0 aromatic carbocycles. The van der Waals surface area contributed by atoms with E-state index < -0.39 is 6.04 Å². The number of anilines is 1. The zero-order valence-corrected chi connectivity index (χ0v) is 14.1. The number of carbonyl (C=O) groups excluding carboxylic acids is 2. The number of hydrogen-bond acceptors (Lipinski definition) is 4. The molecule has 8 heteroatoms. The van der Waals surface area contributed by atoms with Gasteiger partial charge in [0.25, 0.3) is 0 Å². The minimum atomic E-state index is -0.425. The molecule has 2 heterocycles. The minimum Gasteiger partial charge on any atom is -0.344 e. The van der Waals surface area contributed by atoms with Crippen LogP contribution >= 0.6 is 12.4 Å². The lowest BCUT2D eigenvalue weighted by molar-refractivity contribution is -0.130. The maximum absolute atomic E-state index is 12.4. The van der Waals surface area contributed by atoms with E-state index in [1.165, 1.54) is 0 Å². The molecule has 3 unspecified atom stereocenters. The van der Waals surface area contributed by atoms with Crippen molar-refractivity contribution >= 4 is 29.9 Å². The van der Waals surface area contributed by atoms with E-state index in [1.807, 2.05) is 13.2 Å². The Kier molecular flexibility index (Phi) is 5.64. The first-order valence-electron chi connectivity index (χ1n) is 7.90. The lowest BCUT2D eigenvalue weighted by atomic mass is 9.85. The molecule has 1 aromatic rings. The van der Waals surface area contributed by atoms with Gasteiger partial charge in [0.1, 0.15) is 6.04 Å². The molecule has 128 valence electrons. The molecule has 3 N–H and O–H groups in total. The van der Waals surface area contributed by atoms with E-state index in [0.717, 1.165) is 31.4 Å². The first-order valence-corrected chi connectivity index (χ1v) is 7.90. The standard InChI is InChI=1S/C15H23N5O2.ClH/c1-19-9-12(8-17-19)20-6-5-13(15(20)22)18-14(21)10-3-2-4-11(16)7-10;/h8-11,13H,2-7,16H2,1H3,(H,18,21);1H. The van der Waals surface area contributed by atoms with Gasteiger partial charge in [-0.05, 0) is 25.7 Å². The number of amides is 2. The van der Waals surface area contributed by atoms with Gasteiger partial charge in [-0.25, -0.2) is 0 Å². The van der Waals surface area contributed by atoms with Crippen LogP contribution in [0.1, 0.15) is 32.1 Å². The summed E-state index contributed by atoms with van der Waals surface area (Å²) in [4.78, 5) is 26.5.